The second kappa shape index (κ2) is 7.17. The number of hydrogen-bond acceptors (Lipinski definition) is 4. The Hall–Kier alpha value is -1.21. The molecule has 21 heavy (non-hydrogen) atoms. The molecule has 1 atom stereocenters. The van der Waals surface area contributed by atoms with Crippen molar-refractivity contribution in [1.82, 2.24) is 10.0 Å². The fraction of sp³-hybridized carbons (Fsp3) is 0.333. The van der Waals surface area contributed by atoms with Gasteiger partial charge in [0.25, 0.3) is 0 Å². The van der Waals surface area contributed by atoms with E-state index >= 15 is 0 Å². The van der Waals surface area contributed by atoms with E-state index in [0.717, 1.165) is 11.1 Å². The van der Waals surface area contributed by atoms with Gasteiger partial charge in [-0.05, 0) is 60.5 Å². The van der Waals surface area contributed by atoms with Gasteiger partial charge in [0.1, 0.15) is 0 Å². The van der Waals surface area contributed by atoms with Crippen molar-refractivity contribution in [1.29, 1.82) is 0 Å². The fourth-order valence-electron chi connectivity index (χ4n) is 1.95. The van der Waals surface area contributed by atoms with Crippen LogP contribution in [0.4, 0.5) is 0 Å². The molecule has 1 aromatic carbocycles. The van der Waals surface area contributed by atoms with E-state index in [1.807, 2.05) is 42.9 Å². The summed E-state index contributed by atoms with van der Waals surface area (Å²) in [5, 5.41) is 7.15. The van der Waals surface area contributed by atoms with Crippen LogP contribution in [0.2, 0.25) is 0 Å². The maximum absolute atomic E-state index is 12.2. The average Bonchev–Trinajstić information content (AvgIpc) is 2.99. The van der Waals surface area contributed by atoms with Crippen LogP contribution in [0.5, 0.6) is 0 Å². The first kappa shape index (κ1) is 16.2. The summed E-state index contributed by atoms with van der Waals surface area (Å²) in [6.07, 6.45) is 0.706. The van der Waals surface area contributed by atoms with E-state index in [1.165, 1.54) is 0 Å². The zero-order valence-electron chi connectivity index (χ0n) is 12.2. The molecule has 0 aliphatic rings. The molecule has 1 heterocycles. The molecule has 2 N–H and O–H groups in total. The lowest BCUT2D eigenvalue weighted by Crippen LogP contribution is -2.26. The third-order valence-electron chi connectivity index (χ3n) is 3.41. The van der Waals surface area contributed by atoms with E-state index in [-0.39, 0.29) is 6.04 Å². The quantitative estimate of drug-likeness (QED) is 0.823. The fourth-order valence-corrected chi connectivity index (χ4v) is 3.69. The molecule has 0 amide bonds. The van der Waals surface area contributed by atoms with Crippen molar-refractivity contribution in [2.45, 2.75) is 24.3 Å². The minimum Gasteiger partial charge on any atom is -0.313 e. The van der Waals surface area contributed by atoms with Crippen LogP contribution in [0, 0.1) is 0 Å². The van der Waals surface area contributed by atoms with Crippen molar-refractivity contribution >= 4 is 21.4 Å². The van der Waals surface area contributed by atoms with Gasteiger partial charge in [-0.3, -0.25) is 0 Å². The number of nitrogens with one attached hydrogen (secondary N) is 2. The Bertz CT molecular complexity index is 649. The summed E-state index contributed by atoms with van der Waals surface area (Å²) in [5.41, 5.74) is 2.22. The highest BCUT2D eigenvalue weighted by Crippen LogP contribution is 2.16. The van der Waals surface area contributed by atoms with Crippen molar-refractivity contribution in [3.63, 3.8) is 0 Å². The van der Waals surface area contributed by atoms with Gasteiger partial charge in [0, 0.05) is 12.6 Å². The third-order valence-corrected chi connectivity index (χ3v) is 5.62. The van der Waals surface area contributed by atoms with Crippen molar-refractivity contribution < 1.29 is 8.42 Å². The largest absolute Gasteiger partial charge is 0.313 e. The van der Waals surface area contributed by atoms with Gasteiger partial charge in [0.2, 0.25) is 10.0 Å². The molecule has 0 aliphatic heterocycles. The van der Waals surface area contributed by atoms with Gasteiger partial charge in [-0.15, -0.1) is 0 Å². The topological polar surface area (TPSA) is 58.2 Å². The lowest BCUT2D eigenvalue weighted by atomic mass is 10.1. The van der Waals surface area contributed by atoms with Crippen LogP contribution >= 0.6 is 11.3 Å². The van der Waals surface area contributed by atoms with Gasteiger partial charge in [-0.2, -0.15) is 11.3 Å². The minimum atomic E-state index is -3.43. The highest BCUT2D eigenvalue weighted by molar-refractivity contribution is 7.89. The Balaban J connectivity index is 1.98. The first-order chi connectivity index (χ1) is 10.0. The molecule has 6 heteroatoms. The van der Waals surface area contributed by atoms with E-state index in [1.54, 1.807) is 23.5 Å². The normalized spacial score (nSPS) is 13.2. The molecule has 0 aliphatic carbocycles. The molecule has 0 saturated carbocycles. The Morgan fingerprint density at radius 2 is 1.90 bits per heavy atom. The molecule has 1 aromatic heterocycles. The Kier molecular flexibility index (Phi) is 5.52. The molecule has 0 radical (unpaired) electrons. The standard InChI is InChI=1S/C15H20N2O2S2/c1-12(16-2)14-3-5-15(6-4-14)21(18,19)17-9-7-13-8-10-20-11-13/h3-6,8,10-12,16-17H,7,9H2,1-2H3. The van der Waals surface area contributed by atoms with E-state index in [4.69, 9.17) is 0 Å². The number of thiophene rings is 1. The van der Waals surface area contributed by atoms with Crippen LogP contribution in [0.1, 0.15) is 24.1 Å². The summed E-state index contributed by atoms with van der Waals surface area (Å²) in [6, 6.07) is 9.19. The van der Waals surface area contributed by atoms with Crippen LogP contribution in [-0.2, 0) is 16.4 Å². The second-order valence-electron chi connectivity index (χ2n) is 4.86. The summed E-state index contributed by atoms with van der Waals surface area (Å²) in [4.78, 5) is 0.305. The SMILES string of the molecule is CNC(C)c1ccc(S(=O)(=O)NCCc2ccsc2)cc1. The molecule has 0 saturated heterocycles. The monoisotopic (exact) mass is 324 g/mol. The Morgan fingerprint density at radius 3 is 2.48 bits per heavy atom. The van der Waals surface area contributed by atoms with Gasteiger partial charge in [0.15, 0.2) is 0 Å². The molecule has 1 unspecified atom stereocenters. The van der Waals surface area contributed by atoms with E-state index in [0.29, 0.717) is 17.9 Å². The number of sulfonamides is 1. The average molecular weight is 324 g/mol. The first-order valence-corrected chi connectivity index (χ1v) is 9.23. The molecule has 0 bridgehead atoms. The van der Waals surface area contributed by atoms with Crippen LogP contribution in [0.15, 0.2) is 46.0 Å². The van der Waals surface area contributed by atoms with Gasteiger partial charge in [0.05, 0.1) is 4.90 Å². The molecular formula is C15H20N2O2S2. The van der Waals surface area contributed by atoms with Crippen molar-refractivity contribution in [2.24, 2.45) is 0 Å². The van der Waals surface area contributed by atoms with Gasteiger partial charge < -0.3 is 5.32 Å². The first-order valence-electron chi connectivity index (χ1n) is 6.81. The molecule has 0 spiro atoms. The highest BCUT2D eigenvalue weighted by Gasteiger charge is 2.13. The minimum absolute atomic E-state index is 0.202. The van der Waals surface area contributed by atoms with Crippen molar-refractivity contribution in [3.8, 4) is 0 Å². The van der Waals surface area contributed by atoms with Gasteiger partial charge in [-0.25, -0.2) is 13.1 Å². The Morgan fingerprint density at radius 1 is 1.19 bits per heavy atom. The Labute approximate surface area is 130 Å². The van der Waals surface area contributed by atoms with Crippen LogP contribution < -0.4 is 10.0 Å². The van der Waals surface area contributed by atoms with Crippen molar-refractivity contribution in [3.05, 3.63) is 52.2 Å². The predicted octanol–water partition coefficient (Wildman–Crippen LogP) is 2.55. The number of benzene rings is 1. The van der Waals surface area contributed by atoms with Gasteiger partial charge >= 0.3 is 0 Å². The molecule has 0 fully saturated rings. The van der Waals surface area contributed by atoms with Gasteiger partial charge in [-0.1, -0.05) is 12.1 Å². The zero-order valence-corrected chi connectivity index (χ0v) is 13.8. The molecular weight excluding hydrogens is 304 g/mol. The van der Waals surface area contributed by atoms with Crippen LogP contribution in [0.25, 0.3) is 0 Å². The summed E-state index contributed by atoms with van der Waals surface area (Å²) in [6.45, 7) is 2.44. The third kappa shape index (κ3) is 4.38. The summed E-state index contributed by atoms with van der Waals surface area (Å²) in [5.74, 6) is 0. The molecule has 4 nitrogen and oxygen atoms in total. The summed E-state index contributed by atoms with van der Waals surface area (Å²) < 4.78 is 27.0. The second-order valence-corrected chi connectivity index (χ2v) is 7.41. The predicted molar refractivity (Wildman–Crippen MR) is 87.1 cm³/mol. The molecule has 2 aromatic rings. The van der Waals surface area contributed by atoms with Crippen molar-refractivity contribution in [2.75, 3.05) is 13.6 Å². The maximum atomic E-state index is 12.2. The lowest BCUT2D eigenvalue weighted by Gasteiger charge is -2.11. The van der Waals surface area contributed by atoms with Crippen LogP contribution in [0.3, 0.4) is 0 Å². The van der Waals surface area contributed by atoms with E-state index in [9.17, 15) is 8.42 Å². The molecule has 114 valence electrons. The smallest absolute Gasteiger partial charge is 0.240 e. The highest BCUT2D eigenvalue weighted by atomic mass is 32.2. The maximum Gasteiger partial charge on any atom is 0.240 e. The summed E-state index contributed by atoms with van der Waals surface area (Å²) >= 11 is 1.62. The number of hydrogen-bond donors (Lipinski definition) is 2. The lowest BCUT2D eigenvalue weighted by molar-refractivity contribution is 0.581. The summed E-state index contributed by atoms with van der Waals surface area (Å²) in [7, 11) is -1.55. The van der Waals surface area contributed by atoms with Crippen LogP contribution in [-0.4, -0.2) is 22.0 Å². The molecule has 2 rings (SSSR count). The van der Waals surface area contributed by atoms with E-state index in [2.05, 4.69) is 10.0 Å². The zero-order chi connectivity index (χ0) is 15.3. The van der Waals surface area contributed by atoms with E-state index < -0.39 is 10.0 Å². The number of rotatable bonds is 7.